The molecule has 116 valence electrons. The average Bonchev–Trinajstić information content (AvgIpc) is 2.53. The lowest BCUT2D eigenvalue weighted by Crippen LogP contribution is -2.30. The van der Waals surface area contributed by atoms with Gasteiger partial charge in [-0.1, -0.05) is 36.4 Å². The Labute approximate surface area is 131 Å². The van der Waals surface area contributed by atoms with Gasteiger partial charge in [0.05, 0.1) is 12.2 Å². The normalized spacial score (nSPS) is 10.5. The van der Waals surface area contributed by atoms with E-state index in [-0.39, 0.29) is 18.6 Å². The molecule has 2 rings (SSSR count). The van der Waals surface area contributed by atoms with Gasteiger partial charge in [-0.05, 0) is 37.1 Å². The first-order valence-electron chi connectivity index (χ1n) is 7.42. The summed E-state index contributed by atoms with van der Waals surface area (Å²) >= 11 is 0. The first-order chi connectivity index (χ1) is 10.6. The van der Waals surface area contributed by atoms with Crippen molar-refractivity contribution in [1.82, 2.24) is 5.32 Å². The second-order valence-corrected chi connectivity index (χ2v) is 5.50. The van der Waals surface area contributed by atoms with Crippen molar-refractivity contribution in [3.05, 3.63) is 65.2 Å². The molecule has 4 heteroatoms. The number of rotatable bonds is 6. The summed E-state index contributed by atoms with van der Waals surface area (Å²) in [5, 5.41) is 15.2. The van der Waals surface area contributed by atoms with E-state index in [0.29, 0.717) is 12.1 Å². The highest BCUT2D eigenvalue weighted by Crippen LogP contribution is 2.16. The van der Waals surface area contributed by atoms with E-state index in [4.69, 9.17) is 5.11 Å². The van der Waals surface area contributed by atoms with Gasteiger partial charge in [0.15, 0.2) is 0 Å². The summed E-state index contributed by atoms with van der Waals surface area (Å²) in [4.78, 5) is 12.2. The molecule has 0 unspecified atom stereocenters. The number of nitrogens with one attached hydrogen (secondary N) is 2. The quantitative estimate of drug-likeness (QED) is 0.768. The highest BCUT2D eigenvalue weighted by Gasteiger charge is 2.11. The molecule has 0 radical (unpaired) electrons. The Morgan fingerprint density at radius 3 is 2.32 bits per heavy atom. The van der Waals surface area contributed by atoms with E-state index in [1.807, 2.05) is 62.4 Å². The van der Waals surface area contributed by atoms with E-state index < -0.39 is 0 Å². The van der Waals surface area contributed by atoms with Gasteiger partial charge in [-0.3, -0.25) is 4.79 Å². The third-order valence-electron chi connectivity index (χ3n) is 3.28. The van der Waals surface area contributed by atoms with Crippen LogP contribution in [0.25, 0.3) is 0 Å². The Kier molecular flexibility index (Phi) is 5.55. The average molecular weight is 298 g/mol. The molecule has 0 aliphatic heterocycles. The van der Waals surface area contributed by atoms with Crippen LogP contribution in [0.3, 0.4) is 0 Å². The Morgan fingerprint density at radius 2 is 1.68 bits per heavy atom. The van der Waals surface area contributed by atoms with Crippen LogP contribution in [0.1, 0.15) is 35.3 Å². The fraction of sp³-hybridized carbons (Fsp3) is 0.278. The molecular formula is C18H22N2O2. The van der Waals surface area contributed by atoms with Gasteiger partial charge >= 0.3 is 0 Å². The molecule has 3 N–H and O–H groups in total. The maximum atomic E-state index is 12.2. The standard InChI is InChI=1S/C18H22N2O2/c1-13(2)20-18(22)16-5-3-4-6-17(16)19-11-14-7-9-15(12-21)10-8-14/h3-10,13,19,21H,11-12H2,1-2H3,(H,20,22). The number of hydrogen-bond donors (Lipinski definition) is 3. The monoisotopic (exact) mass is 298 g/mol. The van der Waals surface area contributed by atoms with E-state index in [9.17, 15) is 4.79 Å². The molecule has 0 heterocycles. The van der Waals surface area contributed by atoms with Crippen molar-refractivity contribution in [2.75, 3.05) is 5.32 Å². The third-order valence-corrected chi connectivity index (χ3v) is 3.28. The molecule has 2 aromatic rings. The van der Waals surface area contributed by atoms with Crippen molar-refractivity contribution in [1.29, 1.82) is 0 Å². The van der Waals surface area contributed by atoms with E-state index in [0.717, 1.165) is 16.8 Å². The number of aliphatic hydroxyl groups excluding tert-OH is 1. The Hall–Kier alpha value is -2.33. The maximum absolute atomic E-state index is 12.2. The lowest BCUT2D eigenvalue weighted by Gasteiger charge is -2.14. The number of para-hydroxylation sites is 1. The van der Waals surface area contributed by atoms with Crippen LogP contribution in [0.2, 0.25) is 0 Å². The Balaban J connectivity index is 2.07. The van der Waals surface area contributed by atoms with Crippen molar-refractivity contribution in [2.24, 2.45) is 0 Å². The molecule has 0 aliphatic rings. The second kappa shape index (κ2) is 7.61. The molecule has 0 fully saturated rings. The van der Waals surface area contributed by atoms with Crippen LogP contribution in [0, 0.1) is 0 Å². The summed E-state index contributed by atoms with van der Waals surface area (Å²) in [7, 11) is 0. The highest BCUT2D eigenvalue weighted by molar-refractivity contribution is 5.99. The zero-order valence-corrected chi connectivity index (χ0v) is 13.0. The van der Waals surface area contributed by atoms with Gasteiger partial charge in [-0.25, -0.2) is 0 Å². The van der Waals surface area contributed by atoms with Crippen LogP contribution >= 0.6 is 0 Å². The molecular weight excluding hydrogens is 276 g/mol. The molecule has 0 saturated carbocycles. The summed E-state index contributed by atoms with van der Waals surface area (Å²) in [5.41, 5.74) is 3.44. The molecule has 0 aliphatic carbocycles. The Morgan fingerprint density at radius 1 is 1.05 bits per heavy atom. The maximum Gasteiger partial charge on any atom is 0.253 e. The number of hydrogen-bond acceptors (Lipinski definition) is 3. The predicted octanol–water partition coefficient (Wildman–Crippen LogP) is 2.93. The number of carbonyl (C=O) groups excluding carboxylic acids is 1. The van der Waals surface area contributed by atoms with Crippen LogP contribution in [-0.4, -0.2) is 17.1 Å². The predicted molar refractivity (Wildman–Crippen MR) is 88.7 cm³/mol. The summed E-state index contributed by atoms with van der Waals surface area (Å²) in [6.07, 6.45) is 0. The molecule has 2 aromatic carbocycles. The number of carbonyl (C=O) groups is 1. The lowest BCUT2D eigenvalue weighted by molar-refractivity contribution is 0.0944. The van der Waals surface area contributed by atoms with Crippen LogP contribution in [-0.2, 0) is 13.2 Å². The molecule has 4 nitrogen and oxygen atoms in total. The highest BCUT2D eigenvalue weighted by atomic mass is 16.3. The second-order valence-electron chi connectivity index (χ2n) is 5.50. The van der Waals surface area contributed by atoms with E-state index >= 15 is 0 Å². The molecule has 22 heavy (non-hydrogen) atoms. The van der Waals surface area contributed by atoms with Crippen molar-refractivity contribution in [3.63, 3.8) is 0 Å². The largest absolute Gasteiger partial charge is 0.392 e. The number of aliphatic hydroxyl groups is 1. The zero-order chi connectivity index (χ0) is 15.9. The minimum atomic E-state index is -0.0753. The van der Waals surface area contributed by atoms with Gasteiger partial charge in [0.25, 0.3) is 5.91 Å². The van der Waals surface area contributed by atoms with Gasteiger partial charge in [0.1, 0.15) is 0 Å². The fourth-order valence-electron chi connectivity index (χ4n) is 2.14. The summed E-state index contributed by atoms with van der Waals surface area (Å²) in [6, 6.07) is 15.3. The van der Waals surface area contributed by atoms with Crippen LogP contribution in [0.4, 0.5) is 5.69 Å². The smallest absolute Gasteiger partial charge is 0.253 e. The van der Waals surface area contributed by atoms with Gasteiger partial charge in [-0.15, -0.1) is 0 Å². The molecule has 0 aromatic heterocycles. The van der Waals surface area contributed by atoms with E-state index in [1.165, 1.54) is 0 Å². The summed E-state index contributed by atoms with van der Waals surface area (Å²) < 4.78 is 0. The number of amides is 1. The van der Waals surface area contributed by atoms with Gasteiger partial charge in [0.2, 0.25) is 0 Å². The molecule has 0 saturated heterocycles. The first kappa shape index (κ1) is 16.0. The number of anilines is 1. The zero-order valence-electron chi connectivity index (χ0n) is 13.0. The SMILES string of the molecule is CC(C)NC(=O)c1ccccc1NCc1ccc(CO)cc1. The molecule has 0 bridgehead atoms. The molecule has 0 spiro atoms. The van der Waals surface area contributed by atoms with Crippen LogP contribution in [0.15, 0.2) is 48.5 Å². The van der Waals surface area contributed by atoms with Gasteiger partial charge in [-0.2, -0.15) is 0 Å². The van der Waals surface area contributed by atoms with Crippen molar-refractivity contribution in [2.45, 2.75) is 33.0 Å². The lowest BCUT2D eigenvalue weighted by atomic mass is 10.1. The van der Waals surface area contributed by atoms with Crippen LogP contribution in [0.5, 0.6) is 0 Å². The van der Waals surface area contributed by atoms with Gasteiger partial charge < -0.3 is 15.7 Å². The van der Waals surface area contributed by atoms with Gasteiger partial charge in [0, 0.05) is 18.3 Å². The van der Waals surface area contributed by atoms with Crippen LogP contribution < -0.4 is 10.6 Å². The molecule has 0 atom stereocenters. The van der Waals surface area contributed by atoms with E-state index in [1.54, 1.807) is 0 Å². The van der Waals surface area contributed by atoms with Crippen molar-refractivity contribution >= 4 is 11.6 Å². The Bertz CT molecular complexity index is 621. The summed E-state index contributed by atoms with van der Waals surface area (Å²) in [5.74, 6) is -0.0753. The van der Waals surface area contributed by atoms with Crippen molar-refractivity contribution < 1.29 is 9.90 Å². The van der Waals surface area contributed by atoms with Crippen molar-refractivity contribution in [3.8, 4) is 0 Å². The third kappa shape index (κ3) is 4.33. The topological polar surface area (TPSA) is 61.4 Å². The fourth-order valence-corrected chi connectivity index (χ4v) is 2.14. The molecule has 1 amide bonds. The minimum absolute atomic E-state index is 0.0475. The first-order valence-corrected chi connectivity index (χ1v) is 7.42. The minimum Gasteiger partial charge on any atom is -0.392 e. The summed E-state index contributed by atoms with van der Waals surface area (Å²) in [6.45, 7) is 4.55. The number of benzene rings is 2. The van der Waals surface area contributed by atoms with E-state index in [2.05, 4.69) is 10.6 Å².